The maximum absolute atomic E-state index is 12.0. The van der Waals surface area contributed by atoms with Crippen LogP contribution in [0.1, 0.15) is 5.56 Å². The molecule has 3 nitrogen and oxygen atoms in total. The average Bonchev–Trinajstić information content (AvgIpc) is 2.32. The van der Waals surface area contributed by atoms with E-state index in [1.165, 1.54) is 0 Å². The molecular weight excluding hydrogens is 282 g/mol. The van der Waals surface area contributed by atoms with E-state index in [-0.39, 0.29) is 11.9 Å². The Bertz CT molecular complexity index is 391. The van der Waals surface area contributed by atoms with Crippen LogP contribution < -0.4 is 0 Å². The molecule has 0 radical (unpaired) electrons. The highest BCUT2D eigenvalue weighted by Crippen LogP contribution is 2.13. The van der Waals surface area contributed by atoms with Crippen LogP contribution in [0.5, 0.6) is 0 Å². The number of likely N-dealkylation sites (N-methyl/N-ethyl adjacent to an activating group) is 1. The molecule has 0 aliphatic carbocycles. The third-order valence-electron chi connectivity index (χ3n) is 2.92. The summed E-state index contributed by atoms with van der Waals surface area (Å²) in [7, 11) is 2.02. The normalized spacial score (nSPS) is 21.4. The van der Waals surface area contributed by atoms with Gasteiger partial charge in [-0.3, -0.25) is 4.79 Å². The van der Waals surface area contributed by atoms with Crippen molar-refractivity contribution >= 4 is 21.7 Å². The largest absolute Gasteiger partial charge is 0.368 e. The summed E-state index contributed by atoms with van der Waals surface area (Å²) in [5, 5.41) is 0. The van der Waals surface area contributed by atoms with Gasteiger partial charge >= 0.3 is 0 Å². The van der Waals surface area contributed by atoms with Crippen molar-refractivity contribution in [3.63, 3.8) is 0 Å². The van der Waals surface area contributed by atoms with Crippen LogP contribution in [0, 0.1) is 0 Å². The minimum absolute atomic E-state index is 0.166. The van der Waals surface area contributed by atoms with Crippen molar-refractivity contribution in [1.82, 2.24) is 4.90 Å². The predicted octanol–water partition coefficient (Wildman–Crippen LogP) is 1.89. The van der Waals surface area contributed by atoms with Gasteiger partial charge in [-0.05, 0) is 24.7 Å². The first kappa shape index (κ1) is 12.7. The molecule has 0 aromatic heterocycles. The van der Waals surface area contributed by atoms with Crippen LogP contribution in [0.15, 0.2) is 28.7 Å². The fourth-order valence-corrected chi connectivity index (χ4v) is 2.15. The number of Topliss-reactive ketones (excluding diaryl/α,β-unsaturated/α-hetero) is 1. The smallest absolute Gasteiger partial charge is 0.167 e. The van der Waals surface area contributed by atoms with E-state index in [9.17, 15) is 4.79 Å². The Kier molecular flexibility index (Phi) is 4.31. The number of halogens is 1. The summed E-state index contributed by atoms with van der Waals surface area (Å²) in [6.07, 6.45) is 0.184. The van der Waals surface area contributed by atoms with E-state index in [0.29, 0.717) is 19.6 Å². The topological polar surface area (TPSA) is 29.5 Å². The molecule has 17 heavy (non-hydrogen) atoms. The van der Waals surface area contributed by atoms with Crippen molar-refractivity contribution < 1.29 is 9.53 Å². The highest BCUT2D eigenvalue weighted by Gasteiger charge is 2.24. The number of morpholine rings is 1. The molecule has 92 valence electrons. The Morgan fingerprint density at radius 3 is 2.82 bits per heavy atom. The zero-order chi connectivity index (χ0) is 12.3. The molecule has 1 aliphatic heterocycles. The second kappa shape index (κ2) is 5.76. The number of nitrogens with zero attached hydrogens (tertiary/aromatic N) is 1. The number of carbonyl (C=O) groups is 1. The first-order valence-electron chi connectivity index (χ1n) is 5.72. The minimum Gasteiger partial charge on any atom is -0.368 e. The molecule has 0 bridgehead atoms. The highest BCUT2D eigenvalue weighted by molar-refractivity contribution is 9.10. The van der Waals surface area contributed by atoms with Gasteiger partial charge in [0.25, 0.3) is 0 Å². The van der Waals surface area contributed by atoms with E-state index in [2.05, 4.69) is 20.8 Å². The summed E-state index contributed by atoms with van der Waals surface area (Å²) >= 11 is 3.38. The maximum atomic E-state index is 12.0. The fraction of sp³-hybridized carbons (Fsp3) is 0.462. The zero-order valence-electron chi connectivity index (χ0n) is 9.86. The predicted molar refractivity (Wildman–Crippen MR) is 70.1 cm³/mol. The van der Waals surface area contributed by atoms with Crippen LogP contribution >= 0.6 is 15.9 Å². The molecule has 2 rings (SSSR count). The first-order chi connectivity index (χ1) is 8.15. The molecule has 1 aliphatic rings. The summed E-state index contributed by atoms with van der Waals surface area (Å²) < 4.78 is 6.54. The Morgan fingerprint density at radius 1 is 1.47 bits per heavy atom. The van der Waals surface area contributed by atoms with Gasteiger partial charge in [-0.15, -0.1) is 0 Å². The van der Waals surface area contributed by atoms with Crippen molar-refractivity contribution in [2.24, 2.45) is 0 Å². The molecule has 1 atom stereocenters. The van der Waals surface area contributed by atoms with Crippen LogP contribution in [-0.4, -0.2) is 43.5 Å². The molecule has 1 aromatic carbocycles. The Morgan fingerprint density at radius 2 is 2.18 bits per heavy atom. The lowest BCUT2D eigenvalue weighted by atomic mass is 10.0. The van der Waals surface area contributed by atoms with E-state index >= 15 is 0 Å². The average molecular weight is 298 g/mol. The molecule has 0 saturated carbocycles. The molecular formula is C13H16BrNO2. The monoisotopic (exact) mass is 297 g/mol. The Labute approximate surface area is 110 Å². The number of benzene rings is 1. The number of rotatable bonds is 3. The highest BCUT2D eigenvalue weighted by atomic mass is 79.9. The van der Waals surface area contributed by atoms with Crippen molar-refractivity contribution in [3.8, 4) is 0 Å². The summed E-state index contributed by atoms with van der Waals surface area (Å²) in [5.41, 5.74) is 1.04. The molecule has 1 unspecified atom stereocenters. The number of ether oxygens (including phenoxy) is 1. The van der Waals surface area contributed by atoms with Gasteiger partial charge in [-0.1, -0.05) is 28.1 Å². The maximum Gasteiger partial charge on any atom is 0.167 e. The van der Waals surface area contributed by atoms with Crippen LogP contribution in [0.3, 0.4) is 0 Å². The third-order valence-corrected chi connectivity index (χ3v) is 3.45. The van der Waals surface area contributed by atoms with Gasteiger partial charge in [0.1, 0.15) is 6.10 Å². The lowest BCUT2D eigenvalue weighted by molar-refractivity contribution is -0.134. The molecule has 0 N–H and O–H groups in total. The SMILES string of the molecule is CN1CCOC(C(=O)Cc2ccc(Br)cc2)C1. The summed E-state index contributed by atoms with van der Waals surface area (Å²) in [5.74, 6) is 0.166. The van der Waals surface area contributed by atoms with E-state index in [0.717, 1.165) is 16.6 Å². The number of ketones is 1. The van der Waals surface area contributed by atoms with Crippen LogP contribution in [0.4, 0.5) is 0 Å². The molecule has 0 spiro atoms. The van der Waals surface area contributed by atoms with E-state index < -0.39 is 0 Å². The van der Waals surface area contributed by atoms with Crippen LogP contribution in [-0.2, 0) is 16.0 Å². The summed E-state index contributed by atoms with van der Waals surface area (Å²) in [6.45, 7) is 2.25. The van der Waals surface area contributed by atoms with Crippen molar-refractivity contribution in [2.75, 3.05) is 26.7 Å². The van der Waals surface area contributed by atoms with E-state index in [1.807, 2.05) is 31.3 Å². The van der Waals surface area contributed by atoms with Gasteiger partial charge in [0.05, 0.1) is 6.61 Å². The van der Waals surface area contributed by atoms with Crippen molar-refractivity contribution in [1.29, 1.82) is 0 Å². The molecule has 1 fully saturated rings. The van der Waals surface area contributed by atoms with Crippen LogP contribution in [0.2, 0.25) is 0 Å². The van der Waals surface area contributed by atoms with Gasteiger partial charge in [0, 0.05) is 24.0 Å². The fourth-order valence-electron chi connectivity index (χ4n) is 1.89. The van der Waals surface area contributed by atoms with Crippen molar-refractivity contribution in [3.05, 3.63) is 34.3 Å². The molecule has 4 heteroatoms. The third kappa shape index (κ3) is 3.63. The summed E-state index contributed by atoms with van der Waals surface area (Å²) in [6, 6.07) is 7.84. The minimum atomic E-state index is -0.266. The Hall–Kier alpha value is -0.710. The molecule has 1 heterocycles. The van der Waals surface area contributed by atoms with Crippen LogP contribution in [0.25, 0.3) is 0 Å². The molecule has 1 saturated heterocycles. The lowest BCUT2D eigenvalue weighted by Crippen LogP contribution is -2.44. The second-order valence-electron chi connectivity index (χ2n) is 4.39. The van der Waals surface area contributed by atoms with Crippen molar-refractivity contribution in [2.45, 2.75) is 12.5 Å². The lowest BCUT2D eigenvalue weighted by Gasteiger charge is -2.29. The van der Waals surface area contributed by atoms with Gasteiger partial charge in [-0.25, -0.2) is 0 Å². The standard InChI is InChI=1S/C13H16BrNO2/c1-15-6-7-17-13(9-15)12(16)8-10-2-4-11(14)5-3-10/h2-5,13H,6-9H2,1H3. The second-order valence-corrected chi connectivity index (χ2v) is 5.31. The Balaban J connectivity index is 1.94. The number of hydrogen-bond donors (Lipinski definition) is 0. The van der Waals surface area contributed by atoms with Gasteiger partial charge in [0.2, 0.25) is 0 Å². The zero-order valence-corrected chi connectivity index (χ0v) is 11.4. The summed E-state index contributed by atoms with van der Waals surface area (Å²) in [4.78, 5) is 14.2. The number of hydrogen-bond acceptors (Lipinski definition) is 3. The van der Waals surface area contributed by atoms with Gasteiger partial charge < -0.3 is 9.64 Å². The van der Waals surface area contributed by atoms with Gasteiger partial charge in [0.15, 0.2) is 5.78 Å². The first-order valence-corrected chi connectivity index (χ1v) is 6.52. The molecule has 1 aromatic rings. The van der Waals surface area contributed by atoms with E-state index in [1.54, 1.807) is 0 Å². The quantitative estimate of drug-likeness (QED) is 0.853. The van der Waals surface area contributed by atoms with Gasteiger partial charge in [-0.2, -0.15) is 0 Å². The number of carbonyl (C=O) groups excluding carboxylic acids is 1. The molecule has 0 amide bonds. The van der Waals surface area contributed by atoms with E-state index in [4.69, 9.17) is 4.74 Å².